The number of benzene rings is 2. The first-order valence-electron chi connectivity index (χ1n) is 8.19. The van der Waals surface area contributed by atoms with Crippen LogP contribution < -0.4 is 10.2 Å². The quantitative estimate of drug-likeness (QED) is 0.918. The van der Waals surface area contributed by atoms with Gasteiger partial charge in [0.15, 0.2) is 11.6 Å². The molecule has 0 saturated carbocycles. The number of hydrogen-bond donors (Lipinski definition) is 1. The van der Waals surface area contributed by atoms with Crippen molar-refractivity contribution < 1.29 is 18.4 Å². The van der Waals surface area contributed by atoms with Gasteiger partial charge in [0, 0.05) is 29.9 Å². The fourth-order valence-electron chi connectivity index (χ4n) is 2.94. The van der Waals surface area contributed by atoms with Crippen molar-refractivity contribution in [3.8, 4) is 0 Å². The van der Waals surface area contributed by atoms with E-state index < -0.39 is 17.5 Å². The second kappa shape index (κ2) is 7.01. The number of carbonyl (C=O) groups excluding carboxylic acids is 2. The molecule has 2 aromatic rings. The molecule has 0 aliphatic carbocycles. The molecular weight excluding hydrogens is 326 g/mol. The number of aryl methyl sites for hydroxylation is 1. The first-order chi connectivity index (χ1) is 12.0. The summed E-state index contributed by atoms with van der Waals surface area (Å²) in [6.45, 7) is 2.46. The molecule has 0 aromatic heterocycles. The minimum Gasteiger partial charge on any atom is -0.322 e. The third-order valence-electron chi connectivity index (χ3n) is 4.25. The Morgan fingerprint density at radius 2 is 1.92 bits per heavy atom. The van der Waals surface area contributed by atoms with E-state index >= 15 is 0 Å². The zero-order valence-corrected chi connectivity index (χ0v) is 13.8. The van der Waals surface area contributed by atoms with Crippen LogP contribution in [0, 0.1) is 11.6 Å². The summed E-state index contributed by atoms with van der Waals surface area (Å²) < 4.78 is 26.3. The van der Waals surface area contributed by atoms with E-state index in [1.807, 2.05) is 13.0 Å². The van der Waals surface area contributed by atoms with Gasteiger partial charge in [-0.3, -0.25) is 9.59 Å². The van der Waals surface area contributed by atoms with Crippen molar-refractivity contribution in [1.82, 2.24) is 0 Å². The molecule has 0 unspecified atom stereocenters. The Hall–Kier alpha value is -2.76. The molecule has 1 aliphatic heterocycles. The number of carbonyl (C=O) groups is 2. The molecule has 0 fully saturated rings. The van der Waals surface area contributed by atoms with Gasteiger partial charge in [-0.2, -0.15) is 0 Å². The van der Waals surface area contributed by atoms with Crippen molar-refractivity contribution >= 4 is 23.2 Å². The van der Waals surface area contributed by atoms with Gasteiger partial charge in [0.1, 0.15) is 0 Å². The Balaban J connectivity index is 1.85. The molecule has 2 aromatic carbocycles. The lowest BCUT2D eigenvalue weighted by Crippen LogP contribution is -2.35. The minimum absolute atomic E-state index is 0.0260. The SMILES string of the molecule is CCC(=O)N1CCCc2ccc(NC(=O)c3ccc(F)c(F)c3)cc21. The lowest BCUT2D eigenvalue weighted by Gasteiger charge is -2.29. The Kier molecular flexibility index (Phi) is 4.79. The Morgan fingerprint density at radius 1 is 1.12 bits per heavy atom. The number of rotatable bonds is 3. The lowest BCUT2D eigenvalue weighted by molar-refractivity contribution is -0.118. The van der Waals surface area contributed by atoms with E-state index in [1.54, 1.807) is 17.0 Å². The summed E-state index contributed by atoms with van der Waals surface area (Å²) in [5.41, 5.74) is 2.38. The number of anilines is 2. The molecule has 3 rings (SSSR count). The van der Waals surface area contributed by atoms with Gasteiger partial charge in [-0.15, -0.1) is 0 Å². The van der Waals surface area contributed by atoms with Gasteiger partial charge in [0.05, 0.1) is 0 Å². The predicted molar refractivity (Wildman–Crippen MR) is 91.7 cm³/mol. The first kappa shape index (κ1) is 17.1. The Morgan fingerprint density at radius 3 is 2.64 bits per heavy atom. The molecule has 4 nitrogen and oxygen atoms in total. The average molecular weight is 344 g/mol. The maximum atomic E-state index is 13.3. The van der Waals surface area contributed by atoms with Crippen LogP contribution in [0.4, 0.5) is 20.2 Å². The third-order valence-corrected chi connectivity index (χ3v) is 4.25. The van der Waals surface area contributed by atoms with Crippen LogP contribution >= 0.6 is 0 Å². The molecule has 130 valence electrons. The van der Waals surface area contributed by atoms with E-state index in [-0.39, 0.29) is 11.5 Å². The van der Waals surface area contributed by atoms with Crippen LogP contribution in [0.1, 0.15) is 35.7 Å². The molecule has 1 N–H and O–H groups in total. The normalized spacial score (nSPS) is 13.3. The number of nitrogens with zero attached hydrogens (tertiary/aromatic N) is 1. The summed E-state index contributed by atoms with van der Waals surface area (Å²) in [5, 5.41) is 2.67. The highest BCUT2D eigenvalue weighted by molar-refractivity contribution is 6.05. The van der Waals surface area contributed by atoms with Gasteiger partial charge in [-0.1, -0.05) is 13.0 Å². The molecule has 25 heavy (non-hydrogen) atoms. The van der Waals surface area contributed by atoms with Crippen molar-refractivity contribution in [3.63, 3.8) is 0 Å². The van der Waals surface area contributed by atoms with Crippen LogP contribution in [0.15, 0.2) is 36.4 Å². The Bertz CT molecular complexity index is 836. The van der Waals surface area contributed by atoms with Gasteiger partial charge >= 0.3 is 0 Å². The van der Waals surface area contributed by atoms with Gasteiger partial charge in [0.25, 0.3) is 5.91 Å². The summed E-state index contributed by atoms with van der Waals surface area (Å²) in [6, 6.07) is 8.37. The summed E-state index contributed by atoms with van der Waals surface area (Å²) in [5.74, 6) is -2.58. The molecule has 1 aliphatic rings. The van der Waals surface area contributed by atoms with Crippen LogP contribution in [-0.2, 0) is 11.2 Å². The zero-order chi connectivity index (χ0) is 18.0. The average Bonchev–Trinajstić information content (AvgIpc) is 2.62. The van der Waals surface area contributed by atoms with E-state index in [0.717, 1.165) is 36.2 Å². The highest BCUT2D eigenvalue weighted by Crippen LogP contribution is 2.30. The van der Waals surface area contributed by atoms with Gasteiger partial charge < -0.3 is 10.2 Å². The molecule has 6 heteroatoms. The number of amides is 2. The molecule has 0 saturated heterocycles. The van der Waals surface area contributed by atoms with Gasteiger partial charge in [0.2, 0.25) is 5.91 Å². The summed E-state index contributed by atoms with van der Waals surface area (Å²) in [4.78, 5) is 26.1. The number of hydrogen-bond acceptors (Lipinski definition) is 2. The maximum absolute atomic E-state index is 13.3. The fourth-order valence-corrected chi connectivity index (χ4v) is 2.94. The van der Waals surface area contributed by atoms with Crippen molar-refractivity contribution in [3.05, 3.63) is 59.2 Å². The molecule has 0 spiro atoms. The van der Waals surface area contributed by atoms with Crippen LogP contribution in [0.25, 0.3) is 0 Å². The fraction of sp³-hybridized carbons (Fsp3) is 0.263. The van der Waals surface area contributed by atoms with E-state index in [1.165, 1.54) is 6.07 Å². The smallest absolute Gasteiger partial charge is 0.255 e. The van der Waals surface area contributed by atoms with E-state index in [9.17, 15) is 18.4 Å². The monoisotopic (exact) mass is 344 g/mol. The standard InChI is InChI=1S/C19H18F2N2O2/c1-2-18(24)23-9-3-4-12-5-7-14(11-17(12)23)22-19(25)13-6-8-15(20)16(21)10-13/h5-8,10-11H,2-4,9H2,1H3,(H,22,25). The first-order valence-corrected chi connectivity index (χ1v) is 8.19. The number of nitrogens with one attached hydrogen (secondary N) is 1. The molecule has 0 radical (unpaired) electrons. The van der Waals surface area contributed by atoms with Gasteiger partial charge in [-0.05, 0) is 48.7 Å². The minimum atomic E-state index is -1.07. The van der Waals surface area contributed by atoms with Crippen molar-refractivity contribution in [2.24, 2.45) is 0 Å². The Labute approximate surface area is 144 Å². The second-order valence-corrected chi connectivity index (χ2v) is 5.93. The van der Waals surface area contributed by atoms with Crippen LogP contribution in [0.3, 0.4) is 0 Å². The van der Waals surface area contributed by atoms with Crippen LogP contribution in [0.5, 0.6) is 0 Å². The molecular formula is C19H18F2N2O2. The maximum Gasteiger partial charge on any atom is 0.255 e. The van der Waals surface area contributed by atoms with Crippen LogP contribution in [0.2, 0.25) is 0 Å². The van der Waals surface area contributed by atoms with Crippen molar-refractivity contribution in [2.75, 3.05) is 16.8 Å². The highest BCUT2D eigenvalue weighted by atomic mass is 19.2. The largest absolute Gasteiger partial charge is 0.322 e. The van der Waals surface area contributed by atoms with Crippen molar-refractivity contribution in [2.45, 2.75) is 26.2 Å². The van der Waals surface area contributed by atoms with E-state index in [4.69, 9.17) is 0 Å². The van der Waals surface area contributed by atoms with Crippen molar-refractivity contribution in [1.29, 1.82) is 0 Å². The van der Waals surface area contributed by atoms with Gasteiger partial charge in [-0.25, -0.2) is 8.78 Å². The molecule has 1 heterocycles. The van der Waals surface area contributed by atoms with E-state index in [0.29, 0.717) is 18.7 Å². The predicted octanol–water partition coefficient (Wildman–Crippen LogP) is 3.91. The second-order valence-electron chi connectivity index (χ2n) is 5.93. The summed E-state index contributed by atoms with van der Waals surface area (Å²) in [7, 11) is 0. The molecule has 0 bridgehead atoms. The van der Waals surface area contributed by atoms with Crippen LogP contribution in [-0.4, -0.2) is 18.4 Å². The summed E-state index contributed by atoms with van der Waals surface area (Å²) >= 11 is 0. The number of halogens is 2. The number of fused-ring (bicyclic) bond motifs is 1. The zero-order valence-electron chi connectivity index (χ0n) is 13.8. The topological polar surface area (TPSA) is 49.4 Å². The molecule has 0 atom stereocenters. The van der Waals surface area contributed by atoms with E-state index in [2.05, 4.69) is 5.32 Å². The third kappa shape index (κ3) is 3.52. The molecule has 2 amide bonds. The highest BCUT2D eigenvalue weighted by Gasteiger charge is 2.22. The lowest BCUT2D eigenvalue weighted by atomic mass is 10.0. The summed E-state index contributed by atoms with van der Waals surface area (Å²) in [6.07, 6.45) is 2.18.